The molecule has 1 aromatic heterocycles. The molecule has 9 heteroatoms. The molecule has 28 heavy (non-hydrogen) atoms. The Morgan fingerprint density at radius 1 is 1.29 bits per heavy atom. The molecule has 2 atom stereocenters. The first-order chi connectivity index (χ1) is 13.2. The van der Waals surface area contributed by atoms with E-state index in [0.717, 1.165) is 4.88 Å². The van der Waals surface area contributed by atoms with Gasteiger partial charge in [0.15, 0.2) is 0 Å². The van der Waals surface area contributed by atoms with Crippen molar-refractivity contribution in [1.29, 1.82) is 0 Å². The van der Waals surface area contributed by atoms with Gasteiger partial charge in [-0.15, -0.1) is 11.3 Å². The second kappa shape index (κ2) is 8.51. The summed E-state index contributed by atoms with van der Waals surface area (Å²) < 4.78 is 33.3. The lowest BCUT2D eigenvalue weighted by atomic mass is 10.2. The molecular formula is C19H23ClN2O4S2. The van der Waals surface area contributed by atoms with E-state index in [9.17, 15) is 13.2 Å². The largest absolute Gasteiger partial charge is 0.373 e. The molecule has 1 saturated heterocycles. The number of rotatable bonds is 5. The minimum absolute atomic E-state index is 0.0501. The SMILES string of the molecule is C[C@H]1CN(S(=O)(=O)c2cc(C(=O)N(C)Cc3cccs3)ccc2Cl)C[C@H](C)O1. The molecular weight excluding hydrogens is 420 g/mol. The molecule has 2 heterocycles. The molecule has 0 saturated carbocycles. The summed E-state index contributed by atoms with van der Waals surface area (Å²) in [4.78, 5) is 15.4. The van der Waals surface area contributed by atoms with Crippen LogP contribution in [0.1, 0.15) is 29.1 Å². The second-order valence-electron chi connectivity index (χ2n) is 6.97. The van der Waals surface area contributed by atoms with Crippen LogP contribution in [0.25, 0.3) is 0 Å². The summed E-state index contributed by atoms with van der Waals surface area (Å²) in [5.41, 5.74) is 0.288. The maximum atomic E-state index is 13.2. The molecule has 0 unspecified atom stereocenters. The highest BCUT2D eigenvalue weighted by Crippen LogP contribution is 2.28. The van der Waals surface area contributed by atoms with Gasteiger partial charge in [0, 0.05) is 30.6 Å². The van der Waals surface area contributed by atoms with Gasteiger partial charge in [0.1, 0.15) is 4.90 Å². The average molecular weight is 443 g/mol. The van der Waals surface area contributed by atoms with Gasteiger partial charge in [0.25, 0.3) is 5.91 Å². The highest BCUT2D eigenvalue weighted by Gasteiger charge is 2.34. The van der Waals surface area contributed by atoms with Gasteiger partial charge in [-0.2, -0.15) is 4.31 Å². The zero-order chi connectivity index (χ0) is 20.5. The Kier molecular flexibility index (Phi) is 6.46. The molecule has 152 valence electrons. The van der Waals surface area contributed by atoms with Crippen LogP contribution >= 0.6 is 22.9 Å². The number of thiophene rings is 1. The lowest BCUT2D eigenvalue weighted by Gasteiger charge is -2.34. The molecule has 0 aliphatic carbocycles. The van der Waals surface area contributed by atoms with Crippen LogP contribution < -0.4 is 0 Å². The summed E-state index contributed by atoms with van der Waals surface area (Å²) in [6.07, 6.45) is -0.418. The molecule has 1 fully saturated rings. The summed E-state index contributed by atoms with van der Waals surface area (Å²) in [6.45, 7) is 4.62. The predicted molar refractivity (Wildman–Crippen MR) is 110 cm³/mol. The summed E-state index contributed by atoms with van der Waals surface area (Å²) >= 11 is 7.78. The predicted octanol–water partition coefficient (Wildman–Crippen LogP) is 3.47. The maximum Gasteiger partial charge on any atom is 0.253 e. The Bertz CT molecular complexity index is 937. The van der Waals surface area contributed by atoms with E-state index in [4.69, 9.17) is 16.3 Å². The molecule has 0 radical (unpaired) electrons. The van der Waals surface area contributed by atoms with E-state index >= 15 is 0 Å². The first-order valence-electron chi connectivity index (χ1n) is 8.91. The molecule has 0 spiro atoms. The molecule has 6 nitrogen and oxygen atoms in total. The molecule has 1 aliphatic heterocycles. The zero-order valence-electron chi connectivity index (χ0n) is 16.0. The number of carbonyl (C=O) groups excluding carboxylic acids is 1. The van der Waals surface area contributed by atoms with Crippen molar-refractivity contribution in [2.45, 2.75) is 37.5 Å². The zero-order valence-corrected chi connectivity index (χ0v) is 18.4. The Labute approximate surface area is 174 Å². The van der Waals surface area contributed by atoms with E-state index < -0.39 is 10.0 Å². The van der Waals surface area contributed by atoms with E-state index in [1.54, 1.807) is 29.4 Å². The number of hydrogen-bond acceptors (Lipinski definition) is 5. The van der Waals surface area contributed by atoms with E-state index in [-0.39, 0.29) is 46.7 Å². The highest BCUT2D eigenvalue weighted by molar-refractivity contribution is 7.89. The minimum atomic E-state index is -3.84. The Morgan fingerprint density at radius 2 is 1.96 bits per heavy atom. The molecule has 3 rings (SSSR count). The van der Waals surface area contributed by atoms with Gasteiger partial charge in [0.05, 0.1) is 23.8 Å². The van der Waals surface area contributed by atoms with E-state index in [0.29, 0.717) is 6.54 Å². The van der Waals surface area contributed by atoms with Crippen LogP contribution in [0.4, 0.5) is 0 Å². The van der Waals surface area contributed by atoms with Crippen molar-refractivity contribution >= 4 is 38.9 Å². The number of morpholine rings is 1. The average Bonchev–Trinajstić information content (AvgIpc) is 3.13. The lowest BCUT2D eigenvalue weighted by Crippen LogP contribution is -2.48. The van der Waals surface area contributed by atoms with Gasteiger partial charge in [-0.25, -0.2) is 8.42 Å². The Hall–Kier alpha value is -1.45. The van der Waals surface area contributed by atoms with Crippen LogP contribution in [0, 0.1) is 0 Å². The number of nitrogens with zero attached hydrogens (tertiary/aromatic N) is 2. The van der Waals surface area contributed by atoms with E-state index in [1.165, 1.54) is 16.4 Å². The van der Waals surface area contributed by atoms with Gasteiger partial charge in [-0.1, -0.05) is 17.7 Å². The summed E-state index contributed by atoms with van der Waals surface area (Å²) in [6, 6.07) is 8.27. The fourth-order valence-corrected chi connectivity index (χ4v) is 6.08. The third-order valence-electron chi connectivity index (χ3n) is 4.50. The standard InChI is InChI=1S/C19H23ClN2O4S2/c1-13-10-22(11-14(2)26-13)28(24,25)18-9-15(6-7-17(18)20)19(23)21(3)12-16-5-4-8-27-16/h4-9,13-14H,10-12H2,1-3H3/t13-,14-/m0/s1. The monoisotopic (exact) mass is 442 g/mol. The van der Waals surface area contributed by atoms with Crippen LogP contribution in [0.5, 0.6) is 0 Å². The summed E-state index contributed by atoms with van der Waals surface area (Å²) in [5.74, 6) is -0.259. The maximum absolute atomic E-state index is 13.2. The van der Waals surface area contributed by atoms with Crippen molar-refractivity contribution in [1.82, 2.24) is 9.21 Å². The van der Waals surface area contributed by atoms with Gasteiger partial charge in [0.2, 0.25) is 10.0 Å². The van der Waals surface area contributed by atoms with Crippen LogP contribution in [-0.4, -0.2) is 55.9 Å². The molecule has 1 aromatic carbocycles. The number of sulfonamides is 1. The van der Waals surface area contributed by atoms with Gasteiger partial charge < -0.3 is 9.64 Å². The number of amides is 1. The topological polar surface area (TPSA) is 66.9 Å². The number of carbonyl (C=O) groups is 1. The van der Waals surface area contributed by atoms with Crippen molar-refractivity contribution in [3.05, 3.63) is 51.2 Å². The van der Waals surface area contributed by atoms with Crippen LogP contribution in [0.15, 0.2) is 40.6 Å². The van der Waals surface area contributed by atoms with Crippen molar-refractivity contribution in [2.24, 2.45) is 0 Å². The molecule has 1 aliphatic rings. The summed E-state index contributed by atoms with van der Waals surface area (Å²) in [7, 11) is -2.15. The lowest BCUT2D eigenvalue weighted by molar-refractivity contribution is -0.0440. The van der Waals surface area contributed by atoms with Crippen LogP contribution in [-0.2, 0) is 21.3 Å². The van der Waals surface area contributed by atoms with Crippen molar-refractivity contribution < 1.29 is 17.9 Å². The van der Waals surface area contributed by atoms with Crippen molar-refractivity contribution in [3.8, 4) is 0 Å². The normalized spacial score (nSPS) is 20.9. The summed E-state index contributed by atoms with van der Waals surface area (Å²) in [5, 5.41) is 2.05. The van der Waals surface area contributed by atoms with Gasteiger partial charge >= 0.3 is 0 Å². The molecule has 1 amide bonds. The third-order valence-corrected chi connectivity index (χ3v) is 7.68. The molecule has 0 N–H and O–H groups in total. The van der Waals surface area contributed by atoms with Gasteiger partial charge in [-0.3, -0.25) is 4.79 Å². The minimum Gasteiger partial charge on any atom is -0.373 e. The Morgan fingerprint density at radius 3 is 2.57 bits per heavy atom. The fraction of sp³-hybridized carbons (Fsp3) is 0.421. The molecule has 0 bridgehead atoms. The number of halogens is 1. The second-order valence-corrected chi connectivity index (χ2v) is 10.3. The number of ether oxygens (including phenoxy) is 1. The van der Waals surface area contributed by atoms with E-state index in [1.807, 2.05) is 31.4 Å². The van der Waals surface area contributed by atoms with Crippen molar-refractivity contribution in [2.75, 3.05) is 20.1 Å². The van der Waals surface area contributed by atoms with Crippen LogP contribution in [0.2, 0.25) is 5.02 Å². The van der Waals surface area contributed by atoms with Crippen LogP contribution in [0.3, 0.4) is 0 Å². The fourth-order valence-electron chi connectivity index (χ4n) is 3.23. The van der Waals surface area contributed by atoms with E-state index in [2.05, 4.69) is 0 Å². The number of benzene rings is 1. The number of hydrogen-bond donors (Lipinski definition) is 0. The molecule has 2 aromatic rings. The third kappa shape index (κ3) is 4.58. The van der Waals surface area contributed by atoms with Gasteiger partial charge in [-0.05, 0) is 43.5 Å². The first kappa shape index (κ1) is 21.3. The Balaban J connectivity index is 1.87. The highest BCUT2D eigenvalue weighted by atomic mass is 35.5. The quantitative estimate of drug-likeness (QED) is 0.711. The first-order valence-corrected chi connectivity index (χ1v) is 11.6. The van der Waals surface area contributed by atoms with Crippen molar-refractivity contribution in [3.63, 3.8) is 0 Å². The smallest absolute Gasteiger partial charge is 0.253 e.